The van der Waals surface area contributed by atoms with Gasteiger partial charge < -0.3 is 14.6 Å². The fourth-order valence-corrected chi connectivity index (χ4v) is 2.27. The maximum Gasteiger partial charge on any atom is 0.240 e. The van der Waals surface area contributed by atoms with Crippen molar-refractivity contribution >= 4 is 0 Å². The number of hydrogen-bond acceptors (Lipinski definition) is 6. The molecule has 1 N–H and O–H groups in total. The first-order valence-electron chi connectivity index (χ1n) is 8.04. The SMILES string of the molecule is C[C@H]([C@@H](C)NCc1nc(COc2ccc(F)cc2)no1)n1cccn1. The summed E-state index contributed by atoms with van der Waals surface area (Å²) in [7, 11) is 0. The Morgan fingerprint density at radius 1 is 1.28 bits per heavy atom. The van der Waals surface area contributed by atoms with Crippen molar-refractivity contribution in [3.63, 3.8) is 0 Å². The van der Waals surface area contributed by atoms with Crippen LogP contribution in [0, 0.1) is 5.82 Å². The van der Waals surface area contributed by atoms with Crippen LogP contribution < -0.4 is 10.1 Å². The van der Waals surface area contributed by atoms with Crippen molar-refractivity contribution in [2.75, 3.05) is 0 Å². The molecule has 2 atom stereocenters. The van der Waals surface area contributed by atoms with Gasteiger partial charge in [0.05, 0.1) is 12.6 Å². The van der Waals surface area contributed by atoms with Gasteiger partial charge in [-0.15, -0.1) is 0 Å². The van der Waals surface area contributed by atoms with Crippen LogP contribution in [0.15, 0.2) is 47.2 Å². The molecule has 7 nitrogen and oxygen atoms in total. The maximum atomic E-state index is 12.8. The van der Waals surface area contributed by atoms with E-state index in [9.17, 15) is 4.39 Å². The lowest BCUT2D eigenvalue weighted by Gasteiger charge is -2.20. The van der Waals surface area contributed by atoms with Crippen LogP contribution in [-0.4, -0.2) is 26.0 Å². The third kappa shape index (κ3) is 4.63. The van der Waals surface area contributed by atoms with E-state index in [-0.39, 0.29) is 24.5 Å². The fourth-order valence-electron chi connectivity index (χ4n) is 2.27. The molecule has 25 heavy (non-hydrogen) atoms. The largest absolute Gasteiger partial charge is 0.485 e. The van der Waals surface area contributed by atoms with E-state index in [2.05, 4.69) is 34.4 Å². The molecule has 3 rings (SSSR count). The first-order chi connectivity index (χ1) is 12.1. The smallest absolute Gasteiger partial charge is 0.240 e. The van der Waals surface area contributed by atoms with Crippen molar-refractivity contribution in [1.29, 1.82) is 0 Å². The van der Waals surface area contributed by atoms with Gasteiger partial charge in [-0.05, 0) is 44.2 Å². The molecule has 0 saturated heterocycles. The maximum absolute atomic E-state index is 12.8. The van der Waals surface area contributed by atoms with Crippen LogP contribution in [0.25, 0.3) is 0 Å². The predicted octanol–water partition coefficient (Wildman–Crippen LogP) is 2.72. The molecule has 0 saturated carbocycles. The number of benzene rings is 1. The average molecular weight is 345 g/mol. The Kier molecular flexibility index (Phi) is 5.39. The third-order valence-corrected chi connectivity index (χ3v) is 3.93. The normalized spacial score (nSPS) is 13.6. The van der Waals surface area contributed by atoms with Gasteiger partial charge in [-0.2, -0.15) is 10.1 Å². The first kappa shape index (κ1) is 17.1. The van der Waals surface area contributed by atoms with Gasteiger partial charge in [0.25, 0.3) is 0 Å². The van der Waals surface area contributed by atoms with Crippen molar-refractivity contribution in [3.8, 4) is 5.75 Å². The zero-order valence-electron chi connectivity index (χ0n) is 14.1. The second-order valence-corrected chi connectivity index (χ2v) is 5.74. The molecule has 0 fully saturated rings. The monoisotopic (exact) mass is 345 g/mol. The van der Waals surface area contributed by atoms with Gasteiger partial charge in [-0.3, -0.25) is 4.68 Å². The number of nitrogens with one attached hydrogen (secondary N) is 1. The molecule has 1 aromatic carbocycles. The first-order valence-corrected chi connectivity index (χ1v) is 8.04. The van der Waals surface area contributed by atoms with Crippen LogP contribution in [-0.2, 0) is 13.2 Å². The molecule has 0 aliphatic carbocycles. The highest BCUT2D eigenvalue weighted by molar-refractivity contribution is 5.22. The summed E-state index contributed by atoms with van der Waals surface area (Å²) >= 11 is 0. The number of aromatic nitrogens is 4. The van der Waals surface area contributed by atoms with Crippen LogP contribution in [0.1, 0.15) is 31.6 Å². The lowest BCUT2D eigenvalue weighted by molar-refractivity contribution is 0.283. The Bertz CT molecular complexity index is 773. The molecular weight excluding hydrogens is 325 g/mol. The predicted molar refractivity (Wildman–Crippen MR) is 88.3 cm³/mol. The van der Waals surface area contributed by atoms with E-state index in [0.29, 0.717) is 24.0 Å². The highest BCUT2D eigenvalue weighted by Crippen LogP contribution is 2.13. The summed E-state index contributed by atoms with van der Waals surface area (Å²) < 4.78 is 25.4. The van der Waals surface area contributed by atoms with E-state index in [4.69, 9.17) is 9.26 Å². The fraction of sp³-hybridized carbons (Fsp3) is 0.353. The van der Waals surface area contributed by atoms with Gasteiger partial charge in [0.2, 0.25) is 11.7 Å². The van der Waals surface area contributed by atoms with Crippen LogP contribution in [0.5, 0.6) is 5.75 Å². The van der Waals surface area contributed by atoms with Crippen LogP contribution in [0.3, 0.4) is 0 Å². The summed E-state index contributed by atoms with van der Waals surface area (Å²) in [5.74, 6) is 1.16. The van der Waals surface area contributed by atoms with Crippen molar-refractivity contribution in [2.24, 2.45) is 0 Å². The number of ether oxygens (including phenoxy) is 1. The van der Waals surface area contributed by atoms with Gasteiger partial charge >= 0.3 is 0 Å². The molecule has 0 spiro atoms. The van der Waals surface area contributed by atoms with E-state index in [1.165, 1.54) is 12.1 Å². The van der Waals surface area contributed by atoms with Crippen molar-refractivity contribution in [3.05, 3.63) is 60.3 Å². The Morgan fingerprint density at radius 2 is 2.08 bits per heavy atom. The lowest BCUT2D eigenvalue weighted by atomic mass is 10.2. The van der Waals surface area contributed by atoms with Crippen LogP contribution in [0.2, 0.25) is 0 Å². The molecule has 0 bridgehead atoms. The lowest BCUT2D eigenvalue weighted by Crippen LogP contribution is -2.33. The quantitative estimate of drug-likeness (QED) is 0.676. The second-order valence-electron chi connectivity index (χ2n) is 5.74. The summed E-state index contributed by atoms with van der Waals surface area (Å²) in [4.78, 5) is 4.28. The standard InChI is InChI=1S/C17H20FN5O2/c1-12(13(2)23-9-3-8-20-23)19-10-17-21-16(22-25-17)11-24-15-6-4-14(18)5-7-15/h3-9,12-13,19H,10-11H2,1-2H3/t12-,13-/m1/s1. The van der Waals surface area contributed by atoms with Crippen molar-refractivity contribution in [1.82, 2.24) is 25.2 Å². The molecule has 0 aliphatic heterocycles. The van der Waals surface area contributed by atoms with E-state index < -0.39 is 0 Å². The topological polar surface area (TPSA) is 78.0 Å². The van der Waals surface area contributed by atoms with E-state index in [1.54, 1.807) is 18.3 Å². The van der Waals surface area contributed by atoms with Crippen molar-refractivity contribution < 1.29 is 13.7 Å². The zero-order valence-corrected chi connectivity index (χ0v) is 14.1. The van der Waals surface area contributed by atoms with Gasteiger partial charge in [0.15, 0.2) is 6.61 Å². The zero-order chi connectivity index (χ0) is 17.6. The molecule has 0 unspecified atom stereocenters. The summed E-state index contributed by atoms with van der Waals surface area (Å²) in [5.41, 5.74) is 0. The number of hydrogen-bond donors (Lipinski definition) is 1. The van der Waals surface area contributed by atoms with Gasteiger partial charge in [-0.25, -0.2) is 4.39 Å². The summed E-state index contributed by atoms with van der Waals surface area (Å²) in [5, 5.41) is 11.5. The molecule has 132 valence electrons. The third-order valence-electron chi connectivity index (χ3n) is 3.93. The van der Waals surface area contributed by atoms with Gasteiger partial charge in [-0.1, -0.05) is 5.16 Å². The Labute approximate surface area is 144 Å². The second kappa shape index (κ2) is 7.89. The minimum absolute atomic E-state index is 0.161. The highest BCUT2D eigenvalue weighted by atomic mass is 19.1. The number of nitrogens with zero attached hydrogens (tertiary/aromatic N) is 4. The molecule has 2 heterocycles. The van der Waals surface area contributed by atoms with Gasteiger partial charge in [0.1, 0.15) is 11.6 Å². The van der Waals surface area contributed by atoms with E-state index in [1.807, 2.05) is 16.9 Å². The van der Waals surface area contributed by atoms with Crippen LogP contribution in [0.4, 0.5) is 4.39 Å². The van der Waals surface area contributed by atoms with Crippen molar-refractivity contribution in [2.45, 2.75) is 39.1 Å². The van der Waals surface area contributed by atoms with E-state index in [0.717, 1.165) is 0 Å². The summed E-state index contributed by atoms with van der Waals surface area (Å²) in [6.45, 7) is 4.77. The molecular formula is C17H20FN5O2. The van der Waals surface area contributed by atoms with Gasteiger partial charge in [0, 0.05) is 18.4 Å². The highest BCUT2D eigenvalue weighted by Gasteiger charge is 2.15. The molecule has 0 aliphatic rings. The Morgan fingerprint density at radius 3 is 2.80 bits per heavy atom. The average Bonchev–Trinajstić information content (AvgIpc) is 3.30. The van der Waals surface area contributed by atoms with Crippen LogP contribution >= 0.6 is 0 Å². The van der Waals surface area contributed by atoms with E-state index >= 15 is 0 Å². The summed E-state index contributed by atoms with van der Waals surface area (Å²) in [6, 6.07) is 8.04. The number of rotatable bonds is 8. The Hall–Kier alpha value is -2.74. The minimum atomic E-state index is -0.307. The molecule has 2 aromatic heterocycles. The minimum Gasteiger partial charge on any atom is -0.485 e. The Balaban J connectivity index is 1.47. The molecule has 0 radical (unpaired) electrons. The molecule has 3 aromatic rings. The molecule has 8 heteroatoms. The summed E-state index contributed by atoms with van der Waals surface area (Å²) in [6.07, 6.45) is 3.69. The molecule has 0 amide bonds. The number of halogens is 1.